The van der Waals surface area contributed by atoms with Crippen molar-refractivity contribution in [2.24, 2.45) is 7.05 Å². The van der Waals surface area contributed by atoms with Gasteiger partial charge in [0.25, 0.3) is 0 Å². The topological polar surface area (TPSA) is 41.3 Å². The van der Waals surface area contributed by atoms with Crippen LogP contribution in [0.5, 0.6) is 0 Å². The average molecular weight is 360 g/mol. The van der Waals surface area contributed by atoms with Crippen LogP contribution in [-0.4, -0.2) is 32.2 Å². The third-order valence-corrected chi connectivity index (χ3v) is 4.70. The molecule has 0 saturated carbocycles. The molecule has 1 saturated heterocycles. The van der Waals surface area contributed by atoms with E-state index in [2.05, 4.69) is 4.98 Å². The Kier molecular flexibility index (Phi) is 4.59. The van der Waals surface area contributed by atoms with Crippen molar-refractivity contribution in [2.75, 3.05) is 6.54 Å². The molecule has 2 aromatic rings. The minimum Gasteiger partial charge on any atom is -0.392 e. The Labute approximate surface area is 142 Å². The van der Waals surface area contributed by atoms with E-state index >= 15 is 0 Å². The summed E-state index contributed by atoms with van der Waals surface area (Å²) in [6, 6.07) is 4.98. The van der Waals surface area contributed by atoms with Crippen molar-refractivity contribution in [1.82, 2.24) is 14.5 Å². The van der Waals surface area contributed by atoms with Crippen LogP contribution in [0.1, 0.15) is 29.4 Å². The van der Waals surface area contributed by atoms with Crippen LogP contribution in [0.4, 0.5) is 13.2 Å². The number of likely N-dealkylation sites (tertiary alicyclic amines) is 1. The molecule has 1 aliphatic rings. The van der Waals surface area contributed by atoms with Gasteiger partial charge in [-0.2, -0.15) is 13.2 Å². The van der Waals surface area contributed by atoms with Gasteiger partial charge in [0.1, 0.15) is 11.0 Å². The van der Waals surface area contributed by atoms with Crippen molar-refractivity contribution < 1.29 is 18.3 Å². The number of alkyl halides is 3. The minimum absolute atomic E-state index is 0.294. The van der Waals surface area contributed by atoms with Crippen molar-refractivity contribution in [2.45, 2.75) is 31.3 Å². The molecule has 8 heteroatoms. The van der Waals surface area contributed by atoms with Crippen LogP contribution in [0.2, 0.25) is 5.15 Å². The van der Waals surface area contributed by atoms with Gasteiger partial charge in [-0.1, -0.05) is 23.7 Å². The Morgan fingerprint density at radius 1 is 1.38 bits per heavy atom. The lowest BCUT2D eigenvalue weighted by Gasteiger charge is -2.24. The summed E-state index contributed by atoms with van der Waals surface area (Å²) >= 11 is 5.98. The van der Waals surface area contributed by atoms with Crippen LogP contribution >= 0.6 is 11.6 Å². The molecule has 130 valence electrons. The molecule has 24 heavy (non-hydrogen) atoms. The maximum atomic E-state index is 12.9. The lowest BCUT2D eigenvalue weighted by atomic mass is 10.0. The van der Waals surface area contributed by atoms with Crippen LogP contribution in [0.25, 0.3) is 0 Å². The smallest absolute Gasteiger partial charge is 0.392 e. The second kappa shape index (κ2) is 6.38. The zero-order chi connectivity index (χ0) is 17.5. The van der Waals surface area contributed by atoms with Crippen LogP contribution < -0.4 is 0 Å². The molecule has 0 bridgehead atoms. The number of rotatable bonds is 3. The van der Waals surface area contributed by atoms with E-state index in [1.807, 2.05) is 4.90 Å². The van der Waals surface area contributed by atoms with Crippen molar-refractivity contribution in [3.8, 4) is 0 Å². The molecule has 0 spiro atoms. The van der Waals surface area contributed by atoms with E-state index in [1.54, 1.807) is 17.7 Å². The van der Waals surface area contributed by atoms with E-state index in [9.17, 15) is 18.3 Å². The monoisotopic (exact) mass is 359 g/mol. The SMILES string of the molecule is Cn1c(Cl)cnc1CN1C[C@@H](O)C[C@H]1c1cccc(C(F)(F)F)c1. The van der Waals surface area contributed by atoms with Gasteiger partial charge in [-0.05, 0) is 24.1 Å². The van der Waals surface area contributed by atoms with Crippen molar-refractivity contribution in [3.05, 3.63) is 52.6 Å². The van der Waals surface area contributed by atoms with Gasteiger partial charge in [0, 0.05) is 19.6 Å². The first kappa shape index (κ1) is 17.3. The highest BCUT2D eigenvalue weighted by molar-refractivity contribution is 6.29. The zero-order valence-corrected chi connectivity index (χ0v) is 13.7. The highest BCUT2D eigenvalue weighted by Crippen LogP contribution is 2.36. The molecule has 2 heterocycles. The van der Waals surface area contributed by atoms with Crippen LogP contribution in [-0.2, 0) is 19.8 Å². The number of β-amino-alcohol motifs (C(OH)–C–C–N with tert-alkyl or cyclic N) is 1. The summed E-state index contributed by atoms with van der Waals surface area (Å²) in [6.07, 6.45) is -3.05. The number of imidazole rings is 1. The summed E-state index contributed by atoms with van der Waals surface area (Å²) < 4.78 is 40.5. The van der Waals surface area contributed by atoms with Gasteiger partial charge in [-0.15, -0.1) is 0 Å². The van der Waals surface area contributed by atoms with E-state index in [-0.39, 0.29) is 6.04 Å². The summed E-state index contributed by atoms with van der Waals surface area (Å²) in [5.74, 6) is 0.700. The fourth-order valence-corrected chi connectivity index (χ4v) is 3.22. The van der Waals surface area contributed by atoms with Gasteiger partial charge in [0.05, 0.1) is 24.4 Å². The maximum absolute atomic E-state index is 12.9. The maximum Gasteiger partial charge on any atom is 0.416 e. The van der Waals surface area contributed by atoms with Crippen molar-refractivity contribution in [1.29, 1.82) is 0 Å². The number of hydrogen-bond donors (Lipinski definition) is 1. The van der Waals surface area contributed by atoms with E-state index in [4.69, 9.17) is 11.6 Å². The highest BCUT2D eigenvalue weighted by atomic mass is 35.5. The standard InChI is InChI=1S/C16H17ClF3N3O/c1-22-14(17)7-21-15(22)9-23-8-12(24)6-13(23)10-3-2-4-11(5-10)16(18,19)20/h2-5,7,12-13,24H,6,8-9H2,1H3/t12-,13-/m0/s1. The van der Waals surface area contributed by atoms with E-state index in [1.165, 1.54) is 12.3 Å². The van der Waals surface area contributed by atoms with Crippen molar-refractivity contribution >= 4 is 11.6 Å². The van der Waals surface area contributed by atoms with Crippen LogP contribution in [0, 0.1) is 0 Å². The Balaban J connectivity index is 1.87. The fraction of sp³-hybridized carbons (Fsp3) is 0.438. The minimum atomic E-state index is -4.38. The van der Waals surface area contributed by atoms with Gasteiger partial charge in [-0.25, -0.2) is 4.98 Å². The zero-order valence-electron chi connectivity index (χ0n) is 13.0. The van der Waals surface area contributed by atoms with Gasteiger partial charge >= 0.3 is 6.18 Å². The summed E-state index contributed by atoms with van der Waals surface area (Å²) in [5.41, 5.74) is -0.136. The number of hydrogen-bond acceptors (Lipinski definition) is 3. The molecule has 0 unspecified atom stereocenters. The molecule has 3 rings (SSSR count). The lowest BCUT2D eigenvalue weighted by Crippen LogP contribution is -2.26. The van der Waals surface area contributed by atoms with E-state index in [0.717, 1.165) is 12.1 Å². The van der Waals surface area contributed by atoms with Gasteiger partial charge in [0.2, 0.25) is 0 Å². The molecule has 4 nitrogen and oxygen atoms in total. The Morgan fingerprint density at radius 2 is 2.12 bits per heavy atom. The van der Waals surface area contributed by atoms with Crippen molar-refractivity contribution in [3.63, 3.8) is 0 Å². The number of aromatic nitrogens is 2. The first-order valence-electron chi connectivity index (χ1n) is 7.51. The van der Waals surface area contributed by atoms with Gasteiger partial charge in [-0.3, -0.25) is 4.90 Å². The quantitative estimate of drug-likeness (QED) is 0.913. The molecular weight excluding hydrogens is 343 g/mol. The molecule has 1 fully saturated rings. The molecular formula is C16H17ClF3N3O. The molecule has 2 atom stereocenters. The third-order valence-electron chi connectivity index (χ3n) is 4.35. The number of benzene rings is 1. The largest absolute Gasteiger partial charge is 0.416 e. The fourth-order valence-electron chi connectivity index (χ4n) is 3.08. The lowest BCUT2D eigenvalue weighted by molar-refractivity contribution is -0.137. The Hall–Kier alpha value is -1.57. The molecule has 0 aliphatic carbocycles. The number of aliphatic hydroxyl groups is 1. The van der Waals surface area contributed by atoms with E-state index in [0.29, 0.717) is 36.1 Å². The average Bonchev–Trinajstić information content (AvgIpc) is 3.04. The second-order valence-electron chi connectivity index (χ2n) is 6.01. The highest BCUT2D eigenvalue weighted by Gasteiger charge is 2.35. The Morgan fingerprint density at radius 3 is 2.75 bits per heavy atom. The van der Waals surface area contributed by atoms with Gasteiger partial charge < -0.3 is 9.67 Å². The number of aliphatic hydroxyl groups excluding tert-OH is 1. The molecule has 1 aromatic carbocycles. The van der Waals surface area contributed by atoms with Crippen LogP contribution in [0.15, 0.2) is 30.5 Å². The second-order valence-corrected chi connectivity index (χ2v) is 6.40. The molecule has 0 amide bonds. The predicted molar refractivity (Wildman–Crippen MR) is 83.4 cm³/mol. The summed E-state index contributed by atoms with van der Waals surface area (Å²) in [6.45, 7) is 0.784. The molecule has 1 aromatic heterocycles. The first-order chi connectivity index (χ1) is 11.3. The predicted octanol–water partition coefficient (Wildman–Crippen LogP) is 3.40. The normalized spacial score (nSPS) is 22.2. The summed E-state index contributed by atoms with van der Waals surface area (Å²) in [4.78, 5) is 6.15. The molecule has 1 N–H and O–H groups in total. The number of halogens is 4. The van der Waals surface area contributed by atoms with Gasteiger partial charge in [0.15, 0.2) is 0 Å². The third kappa shape index (κ3) is 3.43. The van der Waals surface area contributed by atoms with Crippen LogP contribution in [0.3, 0.4) is 0 Å². The Bertz CT molecular complexity index is 732. The molecule has 0 radical (unpaired) electrons. The molecule has 1 aliphatic heterocycles. The first-order valence-corrected chi connectivity index (χ1v) is 7.89. The number of nitrogens with zero attached hydrogens (tertiary/aromatic N) is 3. The summed E-state index contributed by atoms with van der Waals surface area (Å²) in [7, 11) is 1.77. The van der Waals surface area contributed by atoms with E-state index < -0.39 is 17.8 Å². The summed E-state index contributed by atoms with van der Waals surface area (Å²) in [5, 5.41) is 10.5.